The lowest BCUT2D eigenvalue weighted by atomic mass is 9.78. The molecule has 0 radical (unpaired) electrons. The summed E-state index contributed by atoms with van der Waals surface area (Å²) in [6.45, 7) is 0.657. The Morgan fingerprint density at radius 2 is 1.74 bits per heavy atom. The molecule has 1 saturated carbocycles. The summed E-state index contributed by atoms with van der Waals surface area (Å²) in [6.07, 6.45) is 6.88. The van der Waals surface area contributed by atoms with Crippen molar-refractivity contribution >= 4 is 32.4 Å². The highest BCUT2D eigenvalue weighted by molar-refractivity contribution is 7.93. The van der Waals surface area contributed by atoms with Crippen LogP contribution in [0.5, 0.6) is 0 Å². The molecule has 0 spiro atoms. The molecule has 0 aromatic heterocycles. The van der Waals surface area contributed by atoms with Crippen molar-refractivity contribution in [1.82, 2.24) is 4.90 Å². The standard InChI is InChI=1S/C21H24N2O3S/c24-20(22-13-5-9-15-6-1-2-10-17(15)22)14-23-18-11-3-7-16-8-4-12-19(21(16)18)27(23,25)26/h3-4,7-8,11-12,15,17H,1-2,5-6,9-10,13-14H2/t15-,17+/m1/s1. The Morgan fingerprint density at radius 1 is 1.00 bits per heavy atom. The molecule has 2 atom stereocenters. The Bertz CT molecular complexity index is 1010. The second kappa shape index (κ2) is 6.23. The molecule has 5 nitrogen and oxygen atoms in total. The molecular formula is C21H24N2O3S. The van der Waals surface area contributed by atoms with E-state index in [1.807, 2.05) is 29.2 Å². The summed E-state index contributed by atoms with van der Waals surface area (Å²) in [7, 11) is -3.68. The van der Waals surface area contributed by atoms with Crippen LogP contribution in [0.3, 0.4) is 0 Å². The zero-order valence-corrected chi connectivity index (χ0v) is 16.1. The molecule has 2 aromatic carbocycles. The number of sulfonamides is 1. The molecule has 1 aliphatic carbocycles. The van der Waals surface area contributed by atoms with Crippen LogP contribution in [-0.2, 0) is 14.8 Å². The summed E-state index contributed by atoms with van der Waals surface area (Å²) < 4.78 is 27.6. The van der Waals surface area contributed by atoms with Crippen LogP contribution >= 0.6 is 0 Å². The summed E-state index contributed by atoms with van der Waals surface area (Å²) in [5.41, 5.74) is 0.633. The van der Waals surface area contributed by atoms with E-state index >= 15 is 0 Å². The van der Waals surface area contributed by atoms with Gasteiger partial charge in [-0.1, -0.05) is 37.1 Å². The van der Waals surface area contributed by atoms with Crippen LogP contribution in [0.2, 0.25) is 0 Å². The number of piperidine rings is 1. The predicted octanol–water partition coefficient (Wildman–Crippen LogP) is 3.53. The molecule has 1 amide bonds. The highest BCUT2D eigenvalue weighted by atomic mass is 32.2. The number of anilines is 1. The van der Waals surface area contributed by atoms with Gasteiger partial charge in [-0.05, 0) is 49.1 Å². The molecule has 3 aliphatic rings. The lowest BCUT2D eigenvalue weighted by Crippen LogP contribution is -2.52. The van der Waals surface area contributed by atoms with E-state index in [9.17, 15) is 13.2 Å². The lowest BCUT2D eigenvalue weighted by molar-refractivity contribution is -0.135. The van der Waals surface area contributed by atoms with E-state index in [0.29, 0.717) is 22.5 Å². The van der Waals surface area contributed by atoms with E-state index in [1.54, 1.807) is 12.1 Å². The zero-order chi connectivity index (χ0) is 18.6. The molecule has 0 unspecified atom stereocenters. The Balaban J connectivity index is 1.47. The van der Waals surface area contributed by atoms with Crippen LogP contribution in [0.1, 0.15) is 38.5 Å². The van der Waals surface area contributed by atoms with Crippen LogP contribution in [0.25, 0.3) is 10.8 Å². The van der Waals surface area contributed by atoms with Crippen molar-refractivity contribution in [1.29, 1.82) is 0 Å². The fourth-order valence-corrected chi connectivity index (χ4v) is 6.94. The Morgan fingerprint density at radius 3 is 2.59 bits per heavy atom. The van der Waals surface area contributed by atoms with Crippen molar-refractivity contribution in [2.75, 3.05) is 17.4 Å². The number of benzene rings is 2. The van der Waals surface area contributed by atoms with E-state index in [-0.39, 0.29) is 12.5 Å². The van der Waals surface area contributed by atoms with E-state index in [2.05, 4.69) is 0 Å². The van der Waals surface area contributed by atoms with Gasteiger partial charge in [0.15, 0.2) is 0 Å². The smallest absolute Gasteiger partial charge is 0.265 e. The highest BCUT2D eigenvalue weighted by Crippen LogP contribution is 2.42. The highest BCUT2D eigenvalue weighted by Gasteiger charge is 2.40. The minimum atomic E-state index is -3.68. The van der Waals surface area contributed by atoms with Gasteiger partial charge in [-0.3, -0.25) is 9.10 Å². The maximum Gasteiger partial charge on any atom is 0.265 e. The second-order valence-electron chi connectivity index (χ2n) is 7.98. The molecule has 5 rings (SSSR count). The van der Waals surface area contributed by atoms with Gasteiger partial charge in [0.05, 0.1) is 10.6 Å². The van der Waals surface area contributed by atoms with Crippen LogP contribution in [0, 0.1) is 5.92 Å². The first-order valence-electron chi connectivity index (χ1n) is 9.91. The van der Waals surface area contributed by atoms with Crippen molar-refractivity contribution in [2.24, 2.45) is 5.92 Å². The number of hydrogen-bond acceptors (Lipinski definition) is 3. The number of carbonyl (C=O) groups excluding carboxylic acids is 1. The third kappa shape index (κ3) is 2.57. The van der Waals surface area contributed by atoms with Gasteiger partial charge in [-0.15, -0.1) is 0 Å². The summed E-state index contributed by atoms with van der Waals surface area (Å²) in [5.74, 6) is 0.534. The van der Waals surface area contributed by atoms with Gasteiger partial charge in [0.25, 0.3) is 10.0 Å². The number of likely N-dealkylation sites (tertiary alicyclic amines) is 1. The van der Waals surface area contributed by atoms with Gasteiger partial charge < -0.3 is 4.90 Å². The van der Waals surface area contributed by atoms with E-state index < -0.39 is 10.0 Å². The summed E-state index contributed by atoms with van der Waals surface area (Å²) in [5, 5.41) is 1.64. The predicted molar refractivity (Wildman–Crippen MR) is 105 cm³/mol. The third-order valence-electron chi connectivity index (χ3n) is 6.52. The Labute approximate surface area is 160 Å². The second-order valence-corrected chi connectivity index (χ2v) is 9.82. The van der Waals surface area contributed by atoms with Crippen LogP contribution < -0.4 is 4.31 Å². The van der Waals surface area contributed by atoms with Crippen molar-refractivity contribution in [3.63, 3.8) is 0 Å². The van der Waals surface area contributed by atoms with Gasteiger partial charge >= 0.3 is 0 Å². The van der Waals surface area contributed by atoms with Gasteiger partial charge in [-0.2, -0.15) is 0 Å². The molecule has 6 heteroatoms. The number of amides is 1. The number of fused-ring (bicyclic) bond motifs is 1. The van der Waals surface area contributed by atoms with E-state index in [4.69, 9.17) is 0 Å². The number of carbonyl (C=O) groups is 1. The van der Waals surface area contributed by atoms with E-state index in [0.717, 1.165) is 36.6 Å². The lowest BCUT2D eigenvalue weighted by Gasteiger charge is -2.44. The fourth-order valence-electron chi connectivity index (χ4n) is 5.28. The van der Waals surface area contributed by atoms with E-state index in [1.165, 1.54) is 23.6 Å². The van der Waals surface area contributed by atoms with Crippen molar-refractivity contribution < 1.29 is 13.2 Å². The fraction of sp³-hybridized carbons (Fsp3) is 0.476. The molecule has 142 valence electrons. The molecule has 0 N–H and O–H groups in total. The monoisotopic (exact) mass is 384 g/mol. The maximum absolute atomic E-state index is 13.2. The van der Waals surface area contributed by atoms with Gasteiger partial charge in [0, 0.05) is 18.0 Å². The zero-order valence-electron chi connectivity index (χ0n) is 15.3. The molecule has 27 heavy (non-hydrogen) atoms. The Kier molecular flexibility index (Phi) is 3.93. The average Bonchev–Trinajstić information content (AvgIpc) is 2.91. The van der Waals surface area contributed by atoms with Crippen LogP contribution in [-0.4, -0.2) is 38.4 Å². The Hall–Kier alpha value is -2.08. The van der Waals surface area contributed by atoms with Crippen LogP contribution in [0.4, 0.5) is 5.69 Å². The third-order valence-corrected chi connectivity index (χ3v) is 8.33. The van der Waals surface area contributed by atoms with Gasteiger partial charge in [-0.25, -0.2) is 8.42 Å². The molecule has 2 aromatic rings. The van der Waals surface area contributed by atoms with Gasteiger partial charge in [0.1, 0.15) is 6.54 Å². The topological polar surface area (TPSA) is 57.7 Å². The molecule has 2 heterocycles. The number of nitrogens with zero attached hydrogens (tertiary/aromatic N) is 2. The maximum atomic E-state index is 13.2. The first-order valence-corrected chi connectivity index (χ1v) is 11.4. The van der Waals surface area contributed by atoms with Crippen molar-refractivity contribution in [2.45, 2.75) is 49.5 Å². The van der Waals surface area contributed by atoms with Gasteiger partial charge in [0.2, 0.25) is 5.91 Å². The minimum Gasteiger partial charge on any atom is -0.338 e. The summed E-state index contributed by atoms with van der Waals surface area (Å²) >= 11 is 0. The van der Waals surface area contributed by atoms with Crippen molar-refractivity contribution in [3.05, 3.63) is 36.4 Å². The quantitative estimate of drug-likeness (QED) is 0.796. The number of hydrogen-bond donors (Lipinski definition) is 0. The van der Waals surface area contributed by atoms with Crippen molar-refractivity contribution in [3.8, 4) is 0 Å². The first-order chi connectivity index (χ1) is 13.1. The number of rotatable bonds is 2. The molecular weight excluding hydrogens is 360 g/mol. The SMILES string of the molecule is O=C(CN1c2cccc3cccc(c23)S1(=O)=O)N1CCC[C@H]2CCCC[C@@H]21. The van der Waals surface area contributed by atoms with Crippen LogP contribution in [0.15, 0.2) is 41.3 Å². The summed E-state index contributed by atoms with van der Waals surface area (Å²) in [6, 6.07) is 11.2. The largest absolute Gasteiger partial charge is 0.338 e. The minimum absolute atomic E-state index is 0.0556. The molecule has 0 bridgehead atoms. The normalized spacial score (nSPS) is 26.2. The molecule has 1 saturated heterocycles. The average molecular weight is 385 g/mol. The first kappa shape index (κ1) is 17.0. The molecule has 2 aliphatic heterocycles. The molecule has 2 fully saturated rings. The summed E-state index contributed by atoms with van der Waals surface area (Å²) in [4.78, 5) is 15.5.